The van der Waals surface area contributed by atoms with Crippen LogP contribution < -0.4 is 5.32 Å². The fraction of sp³-hybridized carbons (Fsp3) is 0.636. The molecule has 2 N–H and O–H groups in total. The number of aromatic nitrogens is 2. The van der Waals surface area contributed by atoms with E-state index in [1.54, 1.807) is 7.11 Å². The molecule has 5 nitrogen and oxygen atoms in total. The number of aromatic amines is 1. The van der Waals surface area contributed by atoms with Crippen LogP contribution >= 0.6 is 0 Å². The SMILES string of the molecule is COCC(C)(C)NC(=O)c1c(C)n[nH]c1C. The summed E-state index contributed by atoms with van der Waals surface area (Å²) in [6, 6.07) is 0. The normalized spacial score (nSPS) is 11.6. The van der Waals surface area contributed by atoms with Gasteiger partial charge in [0.05, 0.1) is 23.4 Å². The van der Waals surface area contributed by atoms with Gasteiger partial charge < -0.3 is 10.1 Å². The maximum atomic E-state index is 12.0. The van der Waals surface area contributed by atoms with Crippen molar-refractivity contribution in [2.75, 3.05) is 13.7 Å². The van der Waals surface area contributed by atoms with Gasteiger partial charge in [0.1, 0.15) is 0 Å². The van der Waals surface area contributed by atoms with Gasteiger partial charge in [-0.15, -0.1) is 0 Å². The quantitative estimate of drug-likeness (QED) is 0.808. The fourth-order valence-corrected chi connectivity index (χ4v) is 1.65. The number of nitrogens with zero attached hydrogens (tertiary/aromatic N) is 1. The highest BCUT2D eigenvalue weighted by Gasteiger charge is 2.23. The molecule has 0 fully saturated rings. The van der Waals surface area contributed by atoms with Crippen molar-refractivity contribution in [1.82, 2.24) is 15.5 Å². The second-order valence-corrected chi connectivity index (χ2v) is 4.58. The van der Waals surface area contributed by atoms with Gasteiger partial charge in [-0.25, -0.2) is 0 Å². The first-order chi connectivity index (χ1) is 7.37. The number of hydrogen-bond donors (Lipinski definition) is 2. The smallest absolute Gasteiger partial charge is 0.255 e. The van der Waals surface area contributed by atoms with Gasteiger partial charge in [0, 0.05) is 12.8 Å². The minimum Gasteiger partial charge on any atom is -0.382 e. The maximum Gasteiger partial charge on any atom is 0.255 e. The Labute approximate surface area is 95.6 Å². The number of aryl methyl sites for hydroxylation is 2. The van der Waals surface area contributed by atoms with Crippen LogP contribution in [0.2, 0.25) is 0 Å². The number of carbonyl (C=O) groups is 1. The Bertz CT molecular complexity index is 363. The van der Waals surface area contributed by atoms with Crippen molar-refractivity contribution in [1.29, 1.82) is 0 Å². The first kappa shape index (κ1) is 12.7. The number of rotatable bonds is 4. The molecule has 1 heterocycles. The van der Waals surface area contributed by atoms with Crippen LogP contribution in [0.25, 0.3) is 0 Å². The maximum absolute atomic E-state index is 12.0. The molecule has 0 aliphatic rings. The Morgan fingerprint density at radius 2 is 2.12 bits per heavy atom. The highest BCUT2D eigenvalue weighted by molar-refractivity contribution is 5.96. The Hall–Kier alpha value is -1.36. The van der Waals surface area contributed by atoms with Crippen molar-refractivity contribution in [3.8, 4) is 0 Å². The molecule has 0 unspecified atom stereocenters. The molecule has 16 heavy (non-hydrogen) atoms. The predicted molar refractivity (Wildman–Crippen MR) is 61.5 cm³/mol. The average molecular weight is 225 g/mol. The van der Waals surface area contributed by atoms with Crippen LogP contribution in [-0.2, 0) is 4.74 Å². The summed E-state index contributed by atoms with van der Waals surface area (Å²) in [6.45, 7) is 7.94. The molecule has 0 aliphatic heterocycles. The summed E-state index contributed by atoms with van der Waals surface area (Å²) in [5, 5.41) is 9.71. The first-order valence-electron chi connectivity index (χ1n) is 5.20. The largest absolute Gasteiger partial charge is 0.382 e. The van der Waals surface area contributed by atoms with Gasteiger partial charge in [-0.05, 0) is 27.7 Å². The standard InChI is InChI=1S/C11H19N3O2/c1-7-9(8(2)14-13-7)10(15)12-11(3,4)6-16-5/h6H2,1-5H3,(H,12,15)(H,13,14). The topological polar surface area (TPSA) is 67.0 Å². The molecule has 90 valence electrons. The zero-order valence-electron chi connectivity index (χ0n) is 10.5. The molecule has 1 aromatic heterocycles. The molecule has 0 saturated heterocycles. The molecule has 1 aromatic rings. The molecule has 0 bridgehead atoms. The van der Waals surface area contributed by atoms with E-state index in [9.17, 15) is 4.79 Å². The van der Waals surface area contributed by atoms with Gasteiger partial charge in [-0.1, -0.05) is 0 Å². The number of carbonyl (C=O) groups excluding carboxylic acids is 1. The highest BCUT2D eigenvalue weighted by Crippen LogP contribution is 2.11. The number of hydrogen-bond acceptors (Lipinski definition) is 3. The summed E-state index contributed by atoms with van der Waals surface area (Å²) in [5.74, 6) is -0.120. The third-order valence-corrected chi connectivity index (χ3v) is 2.31. The van der Waals surface area contributed by atoms with E-state index in [4.69, 9.17) is 4.74 Å². The molecule has 5 heteroatoms. The van der Waals surface area contributed by atoms with Crippen LogP contribution in [0.3, 0.4) is 0 Å². The lowest BCUT2D eigenvalue weighted by atomic mass is 10.1. The lowest BCUT2D eigenvalue weighted by molar-refractivity contribution is 0.0819. The molecular weight excluding hydrogens is 206 g/mol. The summed E-state index contributed by atoms with van der Waals surface area (Å²) in [5.41, 5.74) is 1.72. The molecule has 0 radical (unpaired) electrons. The van der Waals surface area contributed by atoms with Crippen LogP contribution in [0.4, 0.5) is 0 Å². The minimum atomic E-state index is -0.387. The third-order valence-electron chi connectivity index (χ3n) is 2.31. The lowest BCUT2D eigenvalue weighted by Gasteiger charge is -2.25. The second kappa shape index (κ2) is 4.65. The van der Waals surface area contributed by atoms with E-state index in [1.165, 1.54) is 0 Å². The molecule has 0 spiro atoms. The van der Waals surface area contributed by atoms with Gasteiger partial charge in [0.15, 0.2) is 0 Å². The average Bonchev–Trinajstić information content (AvgIpc) is 2.44. The van der Waals surface area contributed by atoms with Gasteiger partial charge in [0.2, 0.25) is 0 Å². The Morgan fingerprint density at radius 3 is 2.56 bits per heavy atom. The van der Waals surface area contributed by atoms with Crippen molar-refractivity contribution < 1.29 is 9.53 Å². The predicted octanol–water partition coefficient (Wildman–Crippen LogP) is 1.18. The molecular formula is C11H19N3O2. The van der Waals surface area contributed by atoms with E-state index < -0.39 is 0 Å². The fourth-order valence-electron chi connectivity index (χ4n) is 1.65. The number of nitrogens with one attached hydrogen (secondary N) is 2. The number of H-pyrrole nitrogens is 1. The number of ether oxygens (including phenoxy) is 1. The summed E-state index contributed by atoms with van der Waals surface area (Å²) in [7, 11) is 1.61. The van der Waals surface area contributed by atoms with Crippen LogP contribution in [0, 0.1) is 13.8 Å². The second-order valence-electron chi connectivity index (χ2n) is 4.58. The van der Waals surface area contributed by atoms with Crippen molar-refractivity contribution in [2.24, 2.45) is 0 Å². The van der Waals surface area contributed by atoms with Gasteiger partial charge >= 0.3 is 0 Å². The van der Waals surface area contributed by atoms with E-state index in [0.29, 0.717) is 17.9 Å². The highest BCUT2D eigenvalue weighted by atomic mass is 16.5. The molecule has 0 aromatic carbocycles. The van der Waals surface area contributed by atoms with Crippen LogP contribution in [0.1, 0.15) is 35.6 Å². The Balaban J connectivity index is 2.80. The zero-order valence-corrected chi connectivity index (χ0v) is 10.5. The van der Waals surface area contributed by atoms with E-state index >= 15 is 0 Å². The van der Waals surface area contributed by atoms with Gasteiger partial charge in [-0.3, -0.25) is 9.89 Å². The van der Waals surface area contributed by atoms with Gasteiger partial charge in [0.25, 0.3) is 5.91 Å². The van der Waals surface area contributed by atoms with E-state index in [2.05, 4.69) is 15.5 Å². The summed E-state index contributed by atoms with van der Waals surface area (Å²) >= 11 is 0. The molecule has 1 rings (SSSR count). The lowest BCUT2D eigenvalue weighted by Crippen LogP contribution is -2.47. The summed E-state index contributed by atoms with van der Waals surface area (Å²) in [4.78, 5) is 12.0. The summed E-state index contributed by atoms with van der Waals surface area (Å²) in [6.07, 6.45) is 0. The molecule has 0 saturated carbocycles. The number of amides is 1. The van der Waals surface area contributed by atoms with Crippen molar-refractivity contribution >= 4 is 5.91 Å². The first-order valence-corrected chi connectivity index (χ1v) is 5.20. The third kappa shape index (κ3) is 2.82. The van der Waals surface area contributed by atoms with Crippen LogP contribution in [0.5, 0.6) is 0 Å². The minimum absolute atomic E-state index is 0.120. The zero-order chi connectivity index (χ0) is 12.3. The number of methoxy groups -OCH3 is 1. The van der Waals surface area contributed by atoms with E-state index in [0.717, 1.165) is 5.69 Å². The van der Waals surface area contributed by atoms with E-state index in [1.807, 2.05) is 27.7 Å². The van der Waals surface area contributed by atoms with Crippen molar-refractivity contribution in [2.45, 2.75) is 33.2 Å². The van der Waals surface area contributed by atoms with Crippen molar-refractivity contribution in [3.63, 3.8) is 0 Å². The van der Waals surface area contributed by atoms with Crippen molar-refractivity contribution in [3.05, 3.63) is 17.0 Å². The van der Waals surface area contributed by atoms with Crippen LogP contribution in [0.15, 0.2) is 0 Å². The Kier molecular flexibility index (Phi) is 3.70. The summed E-state index contributed by atoms with van der Waals surface area (Å²) < 4.78 is 5.05. The van der Waals surface area contributed by atoms with E-state index in [-0.39, 0.29) is 11.4 Å². The Morgan fingerprint density at radius 1 is 1.50 bits per heavy atom. The molecule has 0 aliphatic carbocycles. The monoisotopic (exact) mass is 225 g/mol. The molecule has 1 amide bonds. The molecule has 0 atom stereocenters. The van der Waals surface area contributed by atoms with Gasteiger partial charge in [-0.2, -0.15) is 5.10 Å². The van der Waals surface area contributed by atoms with Crippen LogP contribution in [-0.4, -0.2) is 35.4 Å².